The Labute approximate surface area is 147 Å². The number of benzene rings is 2. The number of hydrogen-bond acceptors (Lipinski definition) is 3. The maximum atomic E-state index is 12.4. The highest BCUT2D eigenvalue weighted by molar-refractivity contribution is 5.79. The first-order valence-corrected chi connectivity index (χ1v) is 8.79. The molecule has 1 fully saturated rings. The molecule has 0 saturated carbocycles. The summed E-state index contributed by atoms with van der Waals surface area (Å²) in [5, 5.41) is 1.15. The first-order chi connectivity index (χ1) is 12.3. The monoisotopic (exact) mass is 334 g/mol. The number of amides is 1. The van der Waals surface area contributed by atoms with Gasteiger partial charge in [-0.3, -0.25) is 9.69 Å². The average molecular weight is 334 g/mol. The lowest BCUT2D eigenvalue weighted by Crippen LogP contribution is -2.48. The van der Waals surface area contributed by atoms with Gasteiger partial charge in [-0.05, 0) is 17.7 Å². The number of para-hydroxylation sites is 1. The average Bonchev–Trinajstić information content (AvgIpc) is 3.05. The van der Waals surface area contributed by atoms with Crippen molar-refractivity contribution >= 4 is 16.9 Å². The SMILES string of the molecule is O=C(Cc1ccccc1)N1CCN(Cc2cc3ccccc3o2)CC1. The number of furan rings is 1. The molecule has 1 aliphatic rings. The van der Waals surface area contributed by atoms with E-state index in [9.17, 15) is 4.79 Å². The Hall–Kier alpha value is -2.59. The van der Waals surface area contributed by atoms with Crippen LogP contribution < -0.4 is 0 Å². The van der Waals surface area contributed by atoms with Crippen LogP contribution in [0.4, 0.5) is 0 Å². The molecular formula is C21H22N2O2. The van der Waals surface area contributed by atoms with E-state index in [0.717, 1.165) is 55.0 Å². The van der Waals surface area contributed by atoms with Gasteiger partial charge in [-0.1, -0.05) is 48.5 Å². The molecule has 128 valence electrons. The second-order valence-electron chi connectivity index (χ2n) is 6.57. The fourth-order valence-electron chi connectivity index (χ4n) is 3.37. The third kappa shape index (κ3) is 3.74. The largest absolute Gasteiger partial charge is 0.460 e. The van der Waals surface area contributed by atoms with Crippen molar-refractivity contribution in [3.63, 3.8) is 0 Å². The summed E-state index contributed by atoms with van der Waals surface area (Å²) in [7, 11) is 0. The fourth-order valence-corrected chi connectivity index (χ4v) is 3.37. The molecule has 2 aromatic carbocycles. The van der Waals surface area contributed by atoms with Gasteiger partial charge in [0, 0.05) is 31.6 Å². The van der Waals surface area contributed by atoms with Gasteiger partial charge in [0.25, 0.3) is 0 Å². The molecule has 1 saturated heterocycles. The van der Waals surface area contributed by atoms with E-state index in [2.05, 4.69) is 17.0 Å². The smallest absolute Gasteiger partial charge is 0.227 e. The lowest BCUT2D eigenvalue weighted by atomic mass is 10.1. The van der Waals surface area contributed by atoms with Crippen LogP contribution in [-0.2, 0) is 17.8 Å². The fraction of sp³-hybridized carbons (Fsp3) is 0.286. The number of rotatable bonds is 4. The van der Waals surface area contributed by atoms with E-state index in [0.29, 0.717) is 6.42 Å². The van der Waals surface area contributed by atoms with Gasteiger partial charge in [-0.25, -0.2) is 0 Å². The Morgan fingerprint density at radius 2 is 1.64 bits per heavy atom. The second kappa shape index (κ2) is 7.11. The lowest BCUT2D eigenvalue weighted by molar-refractivity contribution is -0.132. The number of carbonyl (C=O) groups excluding carboxylic acids is 1. The highest BCUT2D eigenvalue weighted by atomic mass is 16.3. The molecule has 1 aromatic heterocycles. The zero-order valence-corrected chi connectivity index (χ0v) is 14.2. The van der Waals surface area contributed by atoms with Gasteiger partial charge in [-0.15, -0.1) is 0 Å². The number of piperazine rings is 1. The molecule has 0 radical (unpaired) electrons. The van der Waals surface area contributed by atoms with Gasteiger partial charge in [0.15, 0.2) is 0 Å². The highest BCUT2D eigenvalue weighted by Crippen LogP contribution is 2.20. The van der Waals surface area contributed by atoms with E-state index in [4.69, 9.17) is 4.42 Å². The van der Waals surface area contributed by atoms with Crippen molar-refractivity contribution < 1.29 is 9.21 Å². The summed E-state index contributed by atoms with van der Waals surface area (Å²) in [6.45, 7) is 4.14. The predicted octanol–water partition coefficient (Wildman–Crippen LogP) is 3.32. The predicted molar refractivity (Wildman–Crippen MR) is 98.2 cm³/mol. The Morgan fingerprint density at radius 1 is 0.920 bits per heavy atom. The highest BCUT2D eigenvalue weighted by Gasteiger charge is 2.21. The van der Waals surface area contributed by atoms with E-state index in [1.54, 1.807) is 0 Å². The van der Waals surface area contributed by atoms with Crippen molar-refractivity contribution in [3.05, 3.63) is 72.0 Å². The maximum absolute atomic E-state index is 12.4. The molecule has 2 heterocycles. The summed E-state index contributed by atoms with van der Waals surface area (Å²) in [4.78, 5) is 16.8. The molecule has 25 heavy (non-hydrogen) atoms. The molecule has 1 aliphatic heterocycles. The molecule has 0 unspecified atom stereocenters. The van der Waals surface area contributed by atoms with Gasteiger partial charge in [0.2, 0.25) is 5.91 Å². The summed E-state index contributed by atoms with van der Waals surface area (Å²) < 4.78 is 5.90. The van der Waals surface area contributed by atoms with Crippen LogP contribution in [0, 0.1) is 0 Å². The van der Waals surface area contributed by atoms with E-state index in [-0.39, 0.29) is 5.91 Å². The standard InChI is InChI=1S/C21H22N2O2/c24-21(14-17-6-2-1-3-7-17)23-12-10-22(11-13-23)16-19-15-18-8-4-5-9-20(18)25-19/h1-9,15H,10-14,16H2. The van der Waals surface area contributed by atoms with E-state index < -0.39 is 0 Å². The summed E-state index contributed by atoms with van der Waals surface area (Å²) >= 11 is 0. The van der Waals surface area contributed by atoms with Crippen LogP contribution in [0.3, 0.4) is 0 Å². The van der Waals surface area contributed by atoms with Crippen molar-refractivity contribution in [1.29, 1.82) is 0 Å². The summed E-state index contributed by atoms with van der Waals surface area (Å²) in [5.41, 5.74) is 2.02. The molecule has 4 rings (SSSR count). The molecule has 4 heteroatoms. The molecule has 1 amide bonds. The number of carbonyl (C=O) groups is 1. The Kier molecular flexibility index (Phi) is 4.53. The van der Waals surface area contributed by atoms with E-state index in [1.165, 1.54) is 0 Å². The zero-order chi connectivity index (χ0) is 17.1. The molecule has 0 atom stereocenters. The minimum atomic E-state index is 0.217. The van der Waals surface area contributed by atoms with Crippen molar-refractivity contribution in [1.82, 2.24) is 9.80 Å². The Bertz CT molecular complexity index is 815. The molecule has 0 aliphatic carbocycles. The molecule has 0 bridgehead atoms. The van der Waals surface area contributed by atoms with Crippen molar-refractivity contribution in [2.45, 2.75) is 13.0 Å². The second-order valence-corrected chi connectivity index (χ2v) is 6.57. The molecule has 4 nitrogen and oxygen atoms in total. The summed E-state index contributed by atoms with van der Waals surface area (Å²) in [6, 6.07) is 20.2. The van der Waals surface area contributed by atoms with Gasteiger partial charge < -0.3 is 9.32 Å². The number of nitrogens with zero attached hydrogens (tertiary/aromatic N) is 2. The van der Waals surface area contributed by atoms with Crippen LogP contribution in [-0.4, -0.2) is 41.9 Å². The van der Waals surface area contributed by atoms with Crippen LogP contribution >= 0.6 is 0 Å². The summed E-state index contributed by atoms with van der Waals surface area (Å²) in [6.07, 6.45) is 0.490. The summed E-state index contributed by atoms with van der Waals surface area (Å²) in [5.74, 6) is 1.21. The topological polar surface area (TPSA) is 36.7 Å². The number of hydrogen-bond donors (Lipinski definition) is 0. The minimum Gasteiger partial charge on any atom is -0.460 e. The van der Waals surface area contributed by atoms with E-state index in [1.807, 2.05) is 53.4 Å². The minimum absolute atomic E-state index is 0.217. The molecule has 3 aromatic rings. The lowest BCUT2D eigenvalue weighted by Gasteiger charge is -2.34. The van der Waals surface area contributed by atoms with Crippen LogP contribution in [0.1, 0.15) is 11.3 Å². The van der Waals surface area contributed by atoms with Crippen molar-refractivity contribution in [2.24, 2.45) is 0 Å². The Morgan fingerprint density at radius 3 is 2.40 bits per heavy atom. The molecular weight excluding hydrogens is 312 g/mol. The van der Waals surface area contributed by atoms with E-state index >= 15 is 0 Å². The van der Waals surface area contributed by atoms with Crippen molar-refractivity contribution in [2.75, 3.05) is 26.2 Å². The number of fused-ring (bicyclic) bond motifs is 1. The molecule has 0 spiro atoms. The maximum Gasteiger partial charge on any atom is 0.227 e. The first-order valence-electron chi connectivity index (χ1n) is 8.79. The van der Waals surface area contributed by atoms with Crippen LogP contribution in [0.5, 0.6) is 0 Å². The Balaban J connectivity index is 1.31. The van der Waals surface area contributed by atoms with Crippen LogP contribution in [0.25, 0.3) is 11.0 Å². The zero-order valence-electron chi connectivity index (χ0n) is 14.2. The quantitative estimate of drug-likeness (QED) is 0.734. The third-order valence-corrected chi connectivity index (χ3v) is 4.78. The molecule has 0 N–H and O–H groups in total. The van der Waals surface area contributed by atoms with Gasteiger partial charge in [0.05, 0.1) is 13.0 Å². The first kappa shape index (κ1) is 15.9. The van der Waals surface area contributed by atoms with Crippen LogP contribution in [0.15, 0.2) is 65.1 Å². The van der Waals surface area contributed by atoms with Crippen LogP contribution in [0.2, 0.25) is 0 Å². The third-order valence-electron chi connectivity index (χ3n) is 4.78. The van der Waals surface area contributed by atoms with Gasteiger partial charge in [-0.2, -0.15) is 0 Å². The van der Waals surface area contributed by atoms with Crippen molar-refractivity contribution in [3.8, 4) is 0 Å². The normalized spacial score (nSPS) is 15.6. The van der Waals surface area contributed by atoms with Gasteiger partial charge >= 0.3 is 0 Å². The van der Waals surface area contributed by atoms with Gasteiger partial charge in [0.1, 0.15) is 11.3 Å².